The van der Waals surface area contributed by atoms with Crippen molar-refractivity contribution in [3.05, 3.63) is 29.8 Å². The van der Waals surface area contributed by atoms with Crippen LogP contribution in [-0.4, -0.2) is 16.7 Å². The van der Waals surface area contributed by atoms with Crippen LogP contribution in [0.4, 0.5) is 5.69 Å². The number of nitrogens with zero attached hydrogens (tertiary/aromatic N) is 1. The van der Waals surface area contributed by atoms with Crippen LogP contribution < -0.4 is 16.5 Å². The molecule has 0 radical (unpaired) electrons. The van der Waals surface area contributed by atoms with E-state index >= 15 is 0 Å². The van der Waals surface area contributed by atoms with E-state index in [9.17, 15) is 4.79 Å². The molecule has 17 heavy (non-hydrogen) atoms. The number of thiocarbonyl (C=S) groups is 1. The van der Waals surface area contributed by atoms with E-state index in [0.717, 1.165) is 17.0 Å². The van der Waals surface area contributed by atoms with E-state index in [1.165, 1.54) is 6.92 Å². The Morgan fingerprint density at radius 1 is 1.41 bits per heavy atom. The summed E-state index contributed by atoms with van der Waals surface area (Å²) in [5, 5.41) is 6.82. The number of amides is 1. The third kappa shape index (κ3) is 4.60. The van der Waals surface area contributed by atoms with Crippen LogP contribution in [0.3, 0.4) is 0 Å². The second kappa shape index (κ2) is 5.95. The summed E-state index contributed by atoms with van der Waals surface area (Å²) in [6, 6.07) is 7.34. The van der Waals surface area contributed by atoms with E-state index in [-0.39, 0.29) is 11.0 Å². The Morgan fingerprint density at radius 3 is 2.71 bits per heavy atom. The molecule has 0 fully saturated rings. The van der Waals surface area contributed by atoms with Crippen LogP contribution in [0.5, 0.6) is 0 Å². The van der Waals surface area contributed by atoms with Crippen LogP contribution in [0.2, 0.25) is 0 Å². The normalized spacial score (nSPS) is 10.8. The van der Waals surface area contributed by atoms with Crippen molar-refractivity contribution in [2.45, 2.75) is 13.8 Å². The van der Waals surface area contributed by atoms with Gasteiger partial charge in [-0.05, 0) is 36.8 Å². The van der Waals surface area contributed by atoms with Gasteiger partial charge in [0.15, 0.2) is 5.11 Å². The van der Waals surface area contributed by atoms with Gasteiger partial charge in [0, 0.05) is 12.6 Å². The van der Waals surface area contributed by atoms with Crippen LogP contribution in [0.1, 0.15) is 19.4 Å². The molecule has 0 aliphatic carbocycles. The second-order valence-corrected chi connectivity index (χ2v) is 3.88. The summed E-state index contributed by atoms with van der Waals surface area (Å²) in [5.41, 5.74) is 10.1. The van der Waals surface area contributed by atoms with Gasteiger partial charge in [-0.2, -0.15) is 5.10 Å². The summed E-state index contributed by atoms with van der Waals surface area (Å²) in [6.07, 6.45) is 0. The Labute approximate surface area is 105 Å². The van der Waals surface area contributed by atoms with Crippen molar-refractivity contribution in [2.24, 2.45) is 10.8 Å². The molecule has 0 heterocycles. The highest BCUT2D eigenvalue weighted by molar-refractivity contribution is 7.80. The van der Waals surface area contributed by atoms with E-state index in [0.29, 0.717) is 0 Å². The zero-order valence-corrected chi connectivity index (χ0v) is 10.5. The lowest BCUT2D eigenvalue weighted by molar-refractivity contribution is -0.114. The number of benzene rings is 1. The number of carbonyl (C=O) groups is 1. The molecular weight excluding hydrogens is 236 g/mol. The third-order valence-electron chi connectivity index (χ3n) is 1.93. The van der Waals surface area contributed by atoms with Gasteiger partial charge in [0.2, 0.25) is 5.91 Å². The number of hydrogen-bond acceptors (Lipinski definition) is 3. The number of nitrogens with one attached hydrogen (secondary N) is 2. The predicted octanol–water partition coefficient (Wildman–Crippen LogP) is 1.20. The first-order valence-corrected chi connectivity index (χ1v) is 5.37. The van der Waals surface area contributed by atoms with Crippen molar-refractivity contribution in [3.8, 4) is 0 Å². The molecule has 0 saturated carbocycles. The van der Waals surface area contributed by atoms with Crippen LogP contribution in [0, 0.1) is 0 Å². The highest BCUT2D eigenvalue weighted by Crippen LogP contribution is 2.11. The lowest BCUT2D eigenvalue weighted by Crippen LogP contribution is -2.25. The fourth-order valence-electron chi connectivity index (χ4n) is 1.23. The molecule has 90 valence electrons. The summed E-state index contributed by atoms with van der Waals surface area (Å²) >= 11 is 4.65. The second-order valence-electron chi connectivity index (χ2n) is 3.44. The van der Waals surface area contributed by atoms with E-state index in [4.69, 9.17) is 5.73 Å². The Hall–Kier alpha value is -1.95. The van der Waals surface area contributed by atoms with Gasteiger partial charge < -0.3 is 11.1 Å². The molecule has 0 bridgehead atoms. The number of carbonyl (C=O) groups excluding carboxylic acids is 1. The van der Waals surface area contributed by atoms with Crippen molar-refractivity contribution in [3.63, 3.8) is 0 Å². The number of rotatable bonds is 3. The summed E-state index contributed by atoms with van der Waals surface area (Å²) in [4.78, 5) is 10.9. The monoisotopic (exact) mass is 250 g/mol. The summed E-state index contributed by atoms with van der Waals surface area (Å²) in [6.45, 7) is 3.28. The highest BCUT2D eigenvalue weighted by Gasteiger charge is 2.00. The Balaban J connectivity index is 2.87. The number of hydrazone groups is 1. The minimum atomic E-state index is -0.113. The zero-order chi connectivity index (χ0) is 12.8. The molecular formula is C11H14N4OS. The van der Waals surface area contributed by atoms with Crippen LogP contribution in [-0.2, 0) is 4.79 Å². The fraction of sp³-hybridized carbons (Fsp3) is 0.182. The Bertz CT molecular complexity index is 470. The van der Waals surface area contributed by atoms with Crippen LogP contribution in [0.25, 0.3) is 0 Å². The lowest BCUT2D eigenvalue weighted by atomic mass is 10.1. The summed E-state index contributed by atoms with van der Waals surface area (Å²) in [7, 11) is 0. The molecule has 0 spiro atoms. The molecule has 5 nitrogen and oxygen atoms in total. The van der Waals surface area contributed by atoms with Crippen molar-refractivity contribution in [2.75, 3.05) is 5.32 Å². The Kier molecular flexibility index (Phi) is 4.59. The van der Waals surface area contributed by atoms with Crippen molar-refractivity contribution >= 4 is 34.6 Å². The van der Waals surface area contributed by atoms with Gasteiger partial charge in [-0.15, -0.1) is 0 Å². The molecule has 0 aliphatic heterocycles. The predicted molar refractivity (Wildman–Crippen MR) is 72.9 cm³/mol. The third-order valence-corrected chi connectivity index (χ3v) is 2.03. The van der Waals surface area contributed by atoms with Gasteiger partial charge in [0.25, 0.3) is 0 Å². The molecule has 0 atom stereocenters. The molecule has 0 unspecified atom stereocenters. The summed E-state index contributed by atoms with van der Waals surface area (Å²) in [5.74, 6) is -0.113. The maximum atomic E-state index is 10.9. The lowest BCUT2D eigenvalue weighted by Gasteiger charge is -2.05. The molecule has 0 aromatic heterocycles. The van der Waals surface area contributed by atoms with Crippen molar-refractivity contribution in [1.29, 1.82) is 0 Å². The Morgan fingerprint density at radius 2 is 2.12 bits per heavy atom. The number of hydrogen-bond donors (Lipinski definition) is 3. The maximum Gasteiger partial charge on any atom is 0.221 e. The van der Waals surface area contributed by atoms with Crippen molar-refractivity contribution in [1.82, 2.24) is 5.43 Å². The molecule has 0 aliphatic rings. The number of anilines is 1. The minimum absolute atomic E-state index is 0.113. The van der Waals surface area contributed by atoms with E-state index < -0.39 is 0 Å². The fourth-order valence-corrected chi connectivity index (χ4v) is 1.27. The van der Waals surface area contributed by atoms with Gasteiger partial charge in [-0.25, -0.2) is 0 Å². The molecule has 6 heteroatoms. The molecule has 1 aromatic rings. The average molecular weight is 250 g/mol. The van der Waals surface area contributed by atoms with Gasteiger partial charge in [0.05, 0.1) is 5.71 Å². The quantitative estimate of drug-likeness (QED) is 0.428. The first-order valence-electron chi connectivity index (χ1n) is 4.97. The van der Waals surface area contributed by atoms with Crippen LogP contribution >= 0.6 is 12.2 Å². The van der Waals surface area contributed by atoms with Gasteiger partial charge in [-0.3, -0.25) is 10.2 Å². The number of nitrogens with two attached hydrogens (primary N) is 1. The van der Waals surface area contributed by atoms with Gasteiger partial charge in [0.1, 0.15) is 0 Å². The maximum absolute atomic E-state index is 10.9. The first kappa shape index (κ1) is 13.1. The first-order chi connectivity index (χ1) is 7.99. The summed E-state index contributed by atoms with van der Waals surface area (Å²) < 4.78 is 0. The largest absolute Gasteiger partial charge is 0.375 e. The topological polar surface area (TPSA) is 79.5 Å². The molecule has 4 N–H and O–H groups in total. The van der Waals surface area contributed by atoms with E-state index in [1.54, 1.807) is 6.07 Å². The van der Waals surface area contributed by atoms with E-state index in [2.05, 4.69) is 28.1 Å². The molecule has 1 aromatic carbocycles. The molecule has 1 rings (SSSR count). The van der Waals surface area contributed by atoms with Gasteiger partial charge in [-0.1, -0.05) is 12.1 Å². The SMILES string of the molecule is CC(=O)Nc1cccc(C(C)=NNC(N)=S)c1. The average Bonchev–Trinajstić information content (AvgIpc) is 2.25. The van der Waals surface area contributed by atoms with E-state index in [1.807, 2.05) is 25.1 Å². The van der Waals surface area contributed by atoms with Crippen LogP contribution in [0.15, 0.2) is 29.4 Å². The van der Waals surface area contributed by atoms with Gasteiger partial charge >= 0.3 is 0 Å². The minimum Gasteiger partial charge on any atom is -0.375 e. The highest BCUT2D eigenvalue weighted by atomic mass is 32.1. The molecule has 0 saturated heterocycles. The standard InChI is InChI=1S/C11H14N4OS/c1-7(14-15-11(12)17)9-4-3-5-10(6-9)13-8(2)16/h3-6H,1-2H3,(H,13,16)(H3,12,15,17). The van der Waals surface area contributed by atoms with Crippen molar-refractivity contribution < 1.29 is 4.79 Å². The zero-order valence-electron chi connectivity index (χ0n) is 9.65. The smallest absolute Gasteiger partial charge is 0.221 e. The molecule has 1 amide bonds.